The van der Waals surface area contributed by atoms with Crippen molar-refractivity contribution in [2.24, 2.45) is 11.8 Å². The molecular formula is C16H23NO. The lowest BCUT2D eigenvalue weighted by atomic mass is 9.84. The normalized spacial score (nSPS) is 23.4. The van der Waals surface area contributed by atoms with Crippen LogP contribution in [0.15, 0.2) is 35.9 Å². The third-order valence-corrected chi connectivity index (χ3v) is 3.57. The van der Waals surface area contributed by atoms with Crippen LogP contribution in [0.2, 0.25) is 0 Å². The molecular weight excluding hydrogens is 222 g/mol. The van der Waals surface area contributed by atoms with Gasteiger partial charge in [-0.3, -0.25) is 0 Å². The van der Waals surface area contributed by atoms with Gasteiger partial charge in [-0.15, -0.1) is 0 Å². The number of ether oxygens (including phenoxy) is 1. The van der Waals surface area contributed by atoms with Crippen molar-refractivity contribution in [3.63, 3.8) is 0 Å². The Balaban J connectivity index is 1.94. The Labute approximate surface area is 110 Å². The number of methoxy groups -OCH3 is 1. The summed E-state index contributed by atoms with van der Waals surface area (Å²) in [5.74, 6) is 2.37. The van der Waals surface area contributed by atoms with E-state index in [-0.39, 0.29) is 0 Å². The lowest BCUT2D eigenvalue weighted by Gasteiger charge is -2.26. The summed E-state index contributed by atoms with van der Waals surface area (Å²) in [5.41, 5.74) is 2.63. The van der Waals surface area contributed by atoms with E-state index in [0.717, 1.165) is 23.9 Å². The van der Waals surface area contributed by atoms with E-state index in [1.807, 2.05) is 18.2 Å². The maximum Gasteiger partial charge on any atom is 0.141 e. The number of allylic oxidation sites excluding steroid dienone is 2. The van der Waals surface area contributed by atoms with Gasteiger partial charge in [0, 0.05) is 6.54 Å². The number of para-hydroxylation sites is 2. The van der Waals surface area contributed by atoms with Gasteiger partial charge in [-0.1, -0.05) is 30.7 Å². The Morgan fingerprint density at radius 2 is 2.11 bits per heavy atom. The SMILES string of the molecule is COc1ccccc1NCC1CC(C)=CC(C)C1. The fourth-order valence-electron chi connectivity index (χ4n) is 2.89. The predicted octanol–water partition coefficient (Wildman–Crippen LogP) is 4.10. The third-order valence-electron chi connectivity index (χ3n) is 3.57. The predicted molar refractivity (Wildman–Crippen MR) is 77.1 cm³/mol. The molecule has 0 aromatic heterocycles. The minimum Gasteiger partial charge on any atom is -0.495 e. The molecule has 0 fully saturated rings. The summed E-state index contributed by atoms with van der Waals surface area (Å²) < 4.78 is 5.35. The Morgan fingerprint density at radius 1 is 1.33 bits per heavy atom. The first kappa shape index (κ1) is 13.0. The van der Waals surface area contributed by atoms with Crippen molar-refractivity contribution in [2.75, 3.05) is 19.0 Å². The van der Waals surface area contributed by atoms with Crippen LogP contribution in [-0.4, -0.2) is 13.7 Å². The highest BCUT2D eigenvalue weighted by molar-refractivity contribution is 5.56. The first-order chi connectivity index (χ1) is 8.69. The number of hydrogen-bond acceptors (Lipinski definition) is 2. The van der Waals surface area contributed by atoms with Crippen molar-refractivity contribution < 1.29 is 4.74 Å². The monoisotopic (exact) mass is 245 g/mol. The number of rotatable bonds is 4. The van der Waals surface area contributed by atoms with E-state index in [0.29, 0.717) is 5.92 Å². The van der Waals surface area contributed by atoms with Crippen LogP contribution in [0.4, 0.5) is 5.69 Å². The van der Waals surface area contributed by atoms with E-state index < -0.39 is 0 Å². The Bertz CT molecular complexity index is 425. The highest BCUT2D eigenvalue weighted by Gasteiger charge is 2.18. The second-order valence-corrected chi connectivity index (χ2v) is 5.38. The lowest BCUT2D eigenvalue weighted by Crippen LogP contribution is -2.20. The summed E-state index contributed by atoms with van der Waals surface area (Å²) in [5, 5.41) is 3.52. The van der Waals surface area contributed by atoms with Crippen LogP contribution in [0.5, 0.6) is 5.75 Å². The van der Waals surface area contributed by atoms with Crippen LogP contribution < -0.4 is 10.1 Å². The minimum absolute atomic E-state index is 0.711. The molecule has 1 N–H and O–H groups in total. The van der Waals surface area contributed by atoms with Gasteiger partial charge in [0.1, 0.15) is 5.75 Å². The van der Waals surface area contributed by atoms with Gasteiger partial charge in [0.25, 0.3) is 0 Å². The van der Waals surface area contributed by atoms with E-state index in [1.54, 1.807) is 7.11 Å². The first-order valence-corrected chi connectivity index (χ1v) is 6.73. The van der Waals surface area contributed by atoms with Crippen molar-refractivity contribution in [2.45, 2.75) is 26.7 Å². The summed E-state index contributed by atoms with van der Waals surface area (Å²) in [7, 11) is 1.72. The zero-order chi connectivity index (χ0) is 13.0. The molecule has 0 bridgehead atoms. The van der Waals surface area contributed by atoms with E-state index in [1.165, 1.54) is 18.4 Å². The minimum atomic E-state index is 0.711. The fraction of sp³-hybridized carbons (Fsp3) is 0.500. The molecule has 0 aliphatic heterocycles. The maximum atomic E-state index is 5.35. The molecule has 2 atom stereocenters. The molecule has 0 radical (unpaired) electrons. The molecule has 0 heterocycles. The highest BCUT2D eigenvalue weighted by atomic mass is 16.5. The molecule has 0 amide bonds. The van der Waals surface area contributed by atoms with Crippen molar-refractivity contribution in [3.8, 4) is 5.75 Å². The summed E-state index contributed by atoms with van der Waals surface area (Å²) in [4.78, 5) is 0. The van der Waals surface area contributed by atoms with Crippen LogP contribution >= 0.6 is 0 Å². The van der Waals surface area contributed by atoms with Gasteiger partial charge in [0.15, 0.2) is 0 Å². The van der Waals surface area contributed by atoms with E-state index in [9.17, 15) is 0 Å². The average molecular weight is 245 g/mol. The number of nitrogens with one attached hydrogen (secondary N) is 1. The van der Waals surface area contributed by atoms with Gasteiger partial charge in [0.2, 0.25) is 0 Å². The molecule has 1 aromatic rings. The Hall–Kier alpha value is -1.44. The molecule has 1 aliphatic carbocycles. The third kappa shape index (κ3) is 3.28. The van der Waals surface area contributed by atoms with Crippen molar-refractivity contribution in [1.82, 2.24) is 0 Å². The molecule has 98 valence electrons. The summed E-state index contributed by atoms with van der Waals surface area (Å²) in [6, 6.07) is 8.11. The fourth-order valence-corrected chi connectivity index (χ4v) is 2.89. The van der Waals surface area contributed by atoms with Gasteiger partial charge >= 0.3 is 0 Å². The molecule has 1 aromatic carbocycles. The van der Waals surface area contributed by atoms with E-state index in [4.69, 9.17) is 4.74 Å². The summed E-state index contributed by atoms with van der Waals surface area (Å²) in [6.07, 6.45) is 4.89. The van der Waals surface area contributed by atoms with Crippen molar-refractivity contribution >= 4 is 5.69 Å². The standard InChI is InChI=1S/C16H23NO/c1-12-8-13(2)10-14(9-12)11-17-15-6-4-5-7-16(15)18-3/h4-8,12,14,17H,9-11H2,1-3H3. The molecule has 2 rings (SSSR count). The van der Waals surface area contributed by atoms with Crippen LogP contribution in [0.3, 0.4) is 0 Å². The average Bonchev–Trinajstić information content (AvgIpc) is 2.35. The van der Waals surface area contributed by atoms with E-state index >= 15 is 0 Å². The smallest absolute Gasteiger partial charge is 0.141 e. The summed E-state index contributed by atoms with van der Waals surface area (Å²) in [6.45, 7) is 5.57. The molecule has 18 heavy (non-hydrogen) atoms. The van der Waals surface area contributed by atoms with Crippen LogP contribution in [-0.2, 0) is 0 Å². The van der Waals surface area contributed by atoms with Gasteiger partial charge in [-0.2, -0.15) is 0 Å². The second kappa shape index (κ2) is 5.94. The van der Waals surface area contributed by atoms with Crippen LogP contribution in [0.25, 0.3) is 0 Å². The van der Waals surface area contributed by atoms with Gasteiger partial charge < -0.3 is 10.1 Å². The number of hydrogen-bond donors (Lipinski definition) is 1. The lowest BCUT2D eigenvalue weighted by molar-refractivity contribution is 0.410. The topological polar surface area (TPSA) is 21.3 Å². The maximum absolute atomic E-state index is 5.35. The molecule has 2 unspecified atom stereocenters. The highest BCUT2D eigenvalue weighted by Crippen LogP contribution is 2.29. The quantitative estimate of drug-likeness (QED) is 0.806. The molecule has 1 aliphatic rings. The zero-order valence-electron chi connectivity index (χ0n) is 11.6. The second-order valence-electron chi connectivity index (χ2n) is 5.38. The molecule has 2 heteroatoms. The van der Waals surface area contributed by atoms with Crippen LogP contribution in [0, 0.1) is 11.8 Å². The van der Waals surface area contributed by atoms with Gasteiger partial charge in [-0.25, -0.2) is 0 Å². The largest absolute Gasteiger partial charge is 0.495 e. The summed E-state index contributed by atoms with van der Waals surface area (Å²) >= 11 is 0. The number of anilines is 1. The van der Waals surface area contributed by atoms with Gasteiger partial charge in [0.05, 0.1) is 12.8 Å². The van der Waals surface area contributed by atoms with Crippen molar-refractivity contribution in [1.29, 1.82) is 0 Å². The Morgan fingerprint density at radius 3 is 2.83 bits per heavy atom. The molecule has 0 saturated heterocycles. The van der Waals surface area contributed by atoms with Crippen LogP contribution in [0.1, 0.15) is 26.7 Å². The van der Waals surface area contributed by atoms with Gasteiger partial charge in [-0.05, 0) is 43.7 Å². The molecule has 0 spiro atoms. The number of benzene rings is 1. The van der Waals surface area contributed by atoms with E-state index in [2.05, 4.69) is 31.3 Å². The molecule has 2 nitrogen and oxygen atoms in total. The van der Waals surface area contributed by atoms with Crippen molar-refractivity contribution in [3.05, 3.63) is 35.9 Å². The first-order valence-electron chi connectivity index (χ1n) is 6.73. The molecule has 0 saturated carbocycles. The Kier molecular flexibility index (Phi) is 4.29. The zero-order valence-corrected chi connectivity index (χ0v) is 11.6.